The topological polar surface area (TPSA) is 64.3 Å². The zero-order valence-electron chi connectivity index (χ0n) is 13.8. The third-order valence-corrected chi connectivity index (χ3v) is 3.30. The number of rotatable bonds is 4. The van der Waals surface area contributed by atoms with Crippen LogP contribution in [-0.4, -0.2) is 12.6 Å². The van der Waals surface area contributed by atoms with Gasteiger partial charge in [-0.05, 0) is 23.8 Å². The lowest BCUT2D eigenvalue weighted by atomic mass is 10.1. The number of ether oxygens (including phenoxy) is 1. The molecule has 0 bridgehead atoms. The fourth-order valence-corrected chi connectivity index (χ4v) is 2.07. The molecule has 0 saturated carbocycles. The highest BCUT2D eigenvalue weighted by Crippen LogP contribution is 2.32. The van der Waals surface area contributed by atoms with E-state index < -0.39 is 17.8 Å². The van der Waals surface area contributed by atoms with Gasteiger partial charge in [0.2, 0.25) is 0 Å². The number of hydrogen-bond donors (Lipinski definition) is 2. The summed E-state index contributed by atoms with van der Waals surface area (Å²) in [6.45, 7) is 0.293. The van der Waals surface area contributed by atoms with Crippen molar-refractivity contribution >= 4 is 11.8 Å². The monoisotopic (exact) mass is 362 g/mol. The van der Waals surface area contributed by atoms with Gasteiger partial charge in [0.15, 0.2) is 0 Å². The number of amides is 1. The summed E-state index contributed by atoms with van der Waals surface area (Å²) in [6.07, 6.45) is -4.94. The zero-order chi connectivity index (χ0) is 19.0. The Hall–Kier alpha value is -3.14. The molecular weight excluding hydrogens is 345 g/mol. The quantitative estimate of drug-likeness (QED) is 0.492. The SMILES string of the molecule is Nc1ccc(C(F)(F)F)c(C#CCCNC(=O)OCc2ccccc2)c1. The fourth-order valence-electron chi connectivity index (χ4n) is 2.07. The summed E-state index contributed by atoms with van der Waals surface area (Å²) in [5, 5.41) is 2.48. The molecule has 0 atom stereocenters. The average molecular weight is 362 g/mol. The van der Waals surface area contributed by atoms with Gasteiger partial charge in [-0.3, -0.25) is 0 Å². The van der Waals surface area contributed by atoms with E-state index in [1.165, 1.54) is 12.1 Å². The van der Waals surface area contributed by atoms with Crippen LogP contribution in [0.2, 0.25) is 0 Å². The molecule has 136 valence electrons. The Labute approximate surface area is 149 Å². The molecule has 26 heavy (non-hydrogen) atoms. The van der Waals surface area contributed by atoms with E-state index in [2.05, 4.69) is 17.2 Å². The zero-order valence-corrected chi connectivity index (χ0v) is 13.8. The Kier molecular flexibility index (Phi) is 6.50. The highest BCUT2D eigenvalue weighted by Gasteiger charge is 2.32. The highest BCUT2D eigenvalue weighted by atomic mass is 19.4. The standard InChI is InChI=1S/C19H17F3N2O2/c20-19(21,22)17-10-9-16(23)12-15(17)8-4-5-11-24-18(25)26-13-14-6-2-1-3-7-14/h1-3,6-7,9-10,12H,5,11,13,23H2,(H,24,25). The summed E-state index contributed by atoms with van der Waals surface area (Å²) in [5.41, 5.74) is 5.53. The molecule has 0 aliphatic rings. The highest BCUT2D eigenvalue weighted by molar-refractivity contribution is 5.67. The first-order chi connectivity index (χ1) is 12.4. The summed E-state index contributed by atoms with van der Waals surface area (Å²) in [6, 6.07) is 12.4. The number of alkyl carbamates (subject to hydrolysis) is 1. The number of hydrogen-bond acceptors (Lipinski definition) is 3. The van der Waals surface area contributed by atoms with Gasteiger partial charge in [-0.25, -0.2) is 4.79 Å². The maximum absolute atomic E-state index is 12.9. The van der Waals surface area contributed by atoms with Gasteiger partial charge in [0, 0.05) is 24.2 Å². The molecule has 0 aromatic heterocycles. The van der Waals surface area contributed by atoms with Crippen LogP contribution in [0, 0.1) is 11.8 Å². The Bertz CT molecular complexity index is 809. The molecule has 0 unspecified atom stereocenters. The molecule has 0 fully saturated rings. The molecule has 2 rings (SSSR count). The van der Waals surface area contributed by atoms with Crippen LogP contribution in [0.3, 0.4) is 0 Å². The first-order valence-corrected chi connectivity index (χ1v) is 7.76. The van der Waals surface area contributed by atoms with Crippen molar-refractivity contribution in [3.63, 3.8) is 0 Å². The summed E-state index contributed by atoms with van der Waals surface area (Å²) in [4.78, 5) is 11.5. The van der Waals surface area contributed by atoms with Crippen LogP contribution in [0.1, 0.15) is 23.1 Å². The second-order valence-electron chi connectivity index (χ2n) is 5.34. The summed E-state index contributed by atoms with van der Waals surface area (Å²) < 4.78 is 43.7. The van der Waals surface area contributed by atoms with Gasteiger partial charge in [-0.1, -0.05) is 42.2 Å². The van der Waals surface area contributed by atoms with Gasteiger partial charge in [-0.2, -0.15) is 13.2 Å². The van der Waals surface area contributed by atoms with Gasteiger partial charge in [-0.15, -0.1) is 0 Å². The van der Waals surface area contributed by atoms with E-state index in [0.29, 0.717) is 0 Å². The lowest BCUT2D eigenvalue weighted by molar-refractivity contribution is -0.137. The molecule has 0 radical (unpaired) electrons. The van der Waals surface area contributed by atoms with Crippen molar-refractivity contribution in [3.8, 4) is 11.8 Å². The van der Waals surface area contributed by atoms with Gasteiger partial charge < -0.3 is 15.8 Å². The normalized spacial score (nSPS) is 10.6. The van der Waals surface area contributed by atoms with Crippen molar-refractivity contribution in [2.45, 2.75) is 19.2 Å². The van der Waals surface area contributed by atoms with E-state index in [1.807, 2.05) is 30.3 Å². The molecule has 0 aliphatic carbocycles. The van der Waals surface area contributed by atoms with E-state index in [1.54, 1.807) is 0 Å². The molecule has 0 heterocycles. The molecule has 0 aliphatic heterocycles. The first-order valence-electron chi connectivity index (χ1n) is 7.76. The van der Waals surface area contributed by atoms with Crippen LogP contribution >= 0.6 is 0 Å². The molecule has 2 aromatic carbocycles. The predicted molar refractivity (Wildman–Crippen MR) is 92.0 cm³/mol. The fraction of sp³-hybridized carbons (Fsp3) is 0.211. The Balaban J connectivity index is 1.82. The molecule has 0 spiro atoms. The van der Waals surface area contributed by atoms with Crippen molar-refractivity contribution in [1.82, 2.24) is 5.32 Å². The van der Waals surface area contributed by atoms with Gasteiger partial charge in [0.25, 0.3) is 0 Å². The summed E-state index contributed by atoms with van der Waals surface area (Å²) in [5.74, 6) is 5.04. The molecule has 3 N–H and O–H groups in total. The Morgan fingerprint density at radius 1 is 1.15 bits per heavy atom. The minimum absolute atomic E-state index is 0.136. The number of nitrogen functional groups attached to an aromatic ring is 1. The number of carbonyl (C=O) groups excluding carboxylic acids is 1. The predicted octanol–water partition coefficient (Wildman–Crippen LogP) is 3.96. The first kappa shape index (κ1) is 19.2. The van der Waals surface area contributed by atoms with Gasteiger partial charge >= 0.3 is 12.3 Å². The molecule has 4 nitrogen and oxygen atoms in total. The van der Waals surface area contributed by atoms with Crippen LogP contribution in [0.4, 0.5) is 23.7 Å². The van der Waals surface area contributed by atoms with E-state index >= 15 is 0 Å². The van der Waals surface area contributed by atoms with Crippen LogP contribution < -0.4 is 11.1 Å². The number of anilines is 1. The van der Waals surface area contributed by atoms with Crippen LogP contribution in [0.15, 0.2) is 48.5 Å². The number of alkyl halides is 3. The van der Waals surface area contributed by atoms with Crippen LogP contribution in [0.25, 0.3) is 0 Å². The number of nitrogens with one attached hydrogen (secondary N) is 1. The maximum atomic E-state index is 12.9. The number of carbonyl (C=O) groups is 1. The van der Waals surface area contributed by atoms with Crippen LogP contribution in [0.5, 0.6) is 0 Å². The van der Waals surface area contributed by atoms with Crippen molar-refractivity contribution < 1.29 is 22.7 Å². The van der Waals surface area contributed by atoms with Crippen LogP contribution in [-0.2, 0) is 17.5 Å². The van der Waals surface area contributed by atoms with Crippen molar-refractivity contribution in [2.24, 2.45) is 0 Å². The van der Waals surface area contributed by atoms with E-state index in [4.69, 9.17) is 10.5 Å². The minimum Gasteiger partial charge on any atom is -0.445 e. The molecule has 1 amide bonds. The van der Waals surface area contributed by atoms with Crippen molar-refractivity contribution in [2.75, 3.05) is 12.3 Å². The number of benzene rings is 2. The third-order valence-electron chi connectivity index (χ3n) is 3.30. The molecule has 0 saturated heterocycles. The van der Waals surface area contributed by atoms with E-state index in [9.17, 15) is 18.0 Å². The van der Waals surface area contributed by atoms with Gasteiger partial charge in [0.05, 0.1) is 5.56 Å². The largest absolute Gasteiger partial charge is 0.445 e. The average Bonchev–Trinajstić information content (AvgIpc) is 2.59. The van der Waals surface area contributed by atoms with E-state index in [0.717, 1.165) is 11.6 Å². The lowest BCUT2D eigenvalue weighted by Crippen LogP contribution is -2.24. The van der Waals surface area contributed by atoms with E-state index in [-0.39, 0.29) is 30.8 Å². The lowest BCUT2D eigenvalue weighted by Gasteiger charge is -2.09. The second-order valence-corrected chi connectivity index (χ2v) is 5.34. The Morgan fingerprint density at radius 2 is 1.88 bits per heavy atom. The molecule has 2 aromatic rings. The number of halogens is 3. The van der Waals surface area contributed by atoms with Crippen molar-refractivity contribution in [1.29, 1.82) is 0 Å². The summed E-state index contributed by atoms with van der Waals surface area (Å²) >= 11 is 0. The van der Waals surface area contributed by atoms with Gasteiger partial charge in [0.1, 0.15) is 6.61 Å². The number of nitrogens with two attached hydrogens (primary N) is 1. The van der Waals surface area contributed by atoms with Crippen molar-refractivity contribution in [3.05, 3.63) is 65.2 Å². The molecular formula is C19H17F3N2O2. The minimum atomic E-state index is -4.50. The maximum Gasteiger partial charge on any atom is 0.417 e. The smallest absolute Gasteiger partial charge is 0.417 e. The second kappa shape index (κ2) is 8.81. The third kappa shape index (κ3) is 6.06. The summed E-state index contributed by atoms with van der Waals surface area (Å²) in [7, 11) is 0. The Morgan fingerprint density at radius 3 is 2.58 bits per heavy atom. The molecule has 7 heteroatoms.